The van der Waals surface area contributed by atoms with Crippen molar-refractivity contribution in [2.24, 2.45) is 0 Å². The van der Waals surface area contributed by atoms with Crippen molar-refractivity contribution in [3.05, 3.63) is 102 Å². The predicted octanol–water partition coefficient (Wildman–Crippen LogP) is 4.05. The van der Waals surface area contributed by atoms with Gasteiger partial charge in [0.25, 0.3) is 5.91 Å². The number of carbonyl (C=O) groups is 1. The molecule has 5 aromatic rings. The van der Waals surface area contributed by atoms with Crippen molar-refractivity contribution >= 4 is 17.2 Å². The van der Waals surface area contributed by atoms with E-state index in [4.69, 9.17) is 4.74 Å². The van der Waals surface area contributed by atoms with Crippen molar-refractivity contribution in [3.8, 4) is 11.6 Å². The van der Waals surface area contributed by atoms with Crippen LogP contribution in [0.5, 0.6) is 5.75 Å². The van der Waals surface area contributed by atoms with Gasteiger partial charge in [-0.05, 0) is 43.3 Å². The minimum absolute atomic E-state index is 0.248. The normalized spacial score (nSPS) is 10.9. The molecule has 0 saturated heterocycles. The number of rotatable bonds is 6. The molecule has 0 spiro atoms. The smallest absolute Gasteiger partial charge is 0.259 e. The Labute approximate surface area is 184 Å². The van der Waals surface area contributed by atoms with Crippen LogP contribution in [0.15, 0.2) is 85.5 Å². The molecule has 158 valence electrons. The third-order valence-electron chi connectivity index (χ3n) is 5.01. The zero-order valence-electron chi connectivity index (χ0n) is 17.3. The van der Waals surface area contributed by atoms with Crippen molar-refractivity contribution in [1.82, 2.24) is 24.1 Å². The number of amides is 1. The van der Waals surface area contributed by atoms with Crippen LogP contribution >= 0.6 is 0 Å². The van der Waals surface area contributed by atoms with Gasteiger partial charge >= 0.3 is 0 Å². The summed E-state index contributed by atoms with van der Waals surface area (Å²) >= 11 is 0. The molecule has 1 amide bonds. The Kier molecular flexibility index (Phi) is 5.09. The van der Waals surface area contributed by atoms with Gasteiger partial charge in [0.2, 0.25) is 0 Å². The molecular weight excluding hydrogens is 404 g/mol. The van der Waals surface area contributed by atoms with E-state index >= 15 is 0 Å². The Bertz CT molecular complexity index is 1360. The number of imidazole rings is 1. The quantitative estimate of drug-likeness (QED) is 0.444. The molecule has 1 N–H and O–H groups in total. The first-order chi connectivity index (χ1) is 15.7. The average molecular weight is 424 g/mol. The zero-order valence-corrected chi connectivity index (χ0v) is 17.3. The first kappa shape index (κ1) is 19.5. The molecule has 0 atom stereocenters. The van der Waals surface area contributed by atoms with Crippen LogP contribution in [-0.4, -0.2) is 30.1 Å². The van der Waals surface area contributed by atoms with Crippen LogP contribution in [0.3, 0.4) is 0 Å². The Balaban J connectivity index is 1.27. The molecule has 0 aliphatic carbocycles. The Morgan fingerprint density at radius 2 is 2.00 bits per heavy atom. The predicted molar refractivity (Wildman–Crippen MR) is 120 cm³/mol. The van der Waals surface area contributed by atoms with E-state index in [-0.39, 0.29) is 5.91 Å². The van der Waals surface area contributed by atoms with Crippen molar-refractivity contribution in [3.63, 3.8) is 0 Å². The molecule has 1 aromatic carbocycles. The van der Waals surface area contributed by atoms with Crippen LogP contribution < -0.4 is 10.1 Å². The molecule has 0 bridgehead atoms. The fourth-order valence-electron chi connectivity index (χ4n) is 3.42. The van der Waals surface area contributed by atoms with Crippen LogP contribution in [0.1, 0.15) is 21.7 Å². The van der Waals surface area contributed by atoms with Crippen LogP contribution in [0, 0.1) is 6.92 Å². The number of pyridine rings is 2. The summed E-state index contributed by atoms with van der Waals surface area (Å²) in [5.74, 6) is 1.05. The molecule has 4 heterocycles. The largest absolute Gasteiger partial charge is 0.487 e. The summed E-state index contributed by atoms with van der Waals surface area (Å²) in [4.78, 5) is 21.6. The van der Waals surface area contributed by atoms with Gasteiger partial charge in [-0.1, -0.05) is 18.2 Å². The van der Waals surface area contributed by atoms with E-state index in [2.05, 4.69) is 20.4 Å². The molecular formula is C24H20N6O2. The lowest BCUT2D eigenvalue weighted by Crippen LogP contribution is -2.13. The van der Waals surface area contributed by atoms with Gasteiger partial charge in [0.15, 0.2) is 5.82 Å². The van der Waals surface area contributed by atoms with Crippen molar-refractivity contribution in [2.75, 3.05) is 5.32 Å². The zero-order chi connectivity index (χ0) is 21.9. The molecule has 0 saturated carbocycles. The van der Waals surface area contributed by atoms with E-state index in [9.17, 15) is 4.79 Å². The number of benzene rings is 1. The van der Waals surface area contributed by atoms with E-state index in [1.54, 1.807) is 23.1 Å². The molecule has 4 aromatic heterocycles. The Morgan fingerprint density at radius 1 is 1.09 bits per heavy atom. The second-order valence-corrected chi connectivity index (χ2v) is 7.21. The molecule has 32 heavy (non-hydrogen) atoms. The van der Waals surface area contributed by atoms with Gasteiger partial charge in [-0.2, -0.15) is 5.10 Å². The monoisotopic (exact) mass is 424 g/mol. The van der Waals surface area contributed by atoms with E-state index < -0.39 is 0 Å². The van der Waals surface area contributed by atoms with Gasteiger partial charge < -0.3 is 14.5 Å². The van der Waals surface area contributed by atoms with E-state index in [0.29, 0.717) is 35.1 Å². The highest BCUT2D eigenvalue weighted by atomic mass is 16.5. The average Bonchev–Trinajstić information content (AvgIpc) is 3.41. The van der Waals surface area contributed by atoms with Crippen molar-refractivity contribution in [1.29, 1.82) is 0 Å². The summed E-state index contributed by atoms with van der Waals surface area (Å²) in [5.41, 5.74) is 3.51. The highest BCUT2D eigenvalue weighted by Gasteiger charge is 2.16. The molecule has 0 aliphatic heterocycles. The topological polar surface area (TPSA) is 86.3 Å². The second-order valence-electron chi connectivity index (χ2n) is 7.21. The number of ether oxygens (including phenoxy) is 1. The third-order valence-corrected chi connectivity index (χ3v) is 5.01. The standard InChI is InChI=1S/C24H20N6O2/c1-17-21(14-26-30(17)22-9-2-4-11-25-22)24(31)28-18-7-6-8-20(13-18)32-16-19-15-29-12-5-3-10-23(29)27-19/h2-15H,16H2,1H3,(H,28,31). The number of hydrogen-bond acceptors (Lipinski definition) is 5. The van der Waals surface area contributed by atoms with E-state index in [0.717, 1.165) is 11.3 Å². The van der Waals surface area contributed by atoms with Crippen LogP contribution in [-0.2, 0) is 6.61 Å². The Hall–Kier alpha value is -4.46. The van der Waals surface area contributed by atoms with Crippen LogP contribution in [0.4, 0.5) is 5.69 Å². The SMILES string of the molecule is Cc1c(C(=O)Nc2cccc(OCc3cn4ccccc4n3)c2)cnn1-c1ccccn1. The lowest BCUT2D eigenvalue weighted by molar-refractivity contribution is 0.102. The highest BCUT2D eigenvalue weighted by molar-refractivity contribution is 6.05. The first-order valence-corrected chi connectivity index (χ1v) is 10.1. The first-order valence-electron chi connectivity index (χ1n) is 10.1. The van der Waals surface area contributed by atoms with Gasteiger partial charge in [0.1, 0.15) is 18.0 Å². The van der Waals surface area contributed by atoms with Crippen LogP contribution in [0.2, 0.25) is 0 Å². The maximum absolute atomic E-state index is 12.8. The van der Waals surface area contributed by atoms with Gasteiger partial charge in [-0.3, -0.25) is 4.79 Å². The minimum atomic E-state index is -0.248. The lowest BCUT2D eigenvalue weighted by Gasteiger charge is -2.09. The summed E-state index contributed by atoms with van der Waals surface area (Å²) in [6, 6.07) is 18.7. The number of anilines is 1. The molecule has 5 rings (SSSR count). The maximum Gasteiger partial charge on any atom is 0.259 e. The summed E-state index contributed by atoms with van der Waals surface area (Å²) in [5, 5.41) is 7.22. The van der Waals surface area contributed by atoms with Crippen LogP contribution in [0.25, 0.3) is 11.5 Å². The summed E-state index contributed by atoms with van der Waals surface area (Å²) in [6.45, 7) is 2.17. The lowest BCUT2D eigenvalue weighted by atomic mass is 10.2. The molecule has 8 heteroatoms. The number of hydrogen-bond donors (Lipinski definition) is 1. The number of aromatic nitrogens is 5. The van der Waals surface area contributed by atoms with Gasteiger partial charge in [0.05, 0.1) is 23.1 Å². The van der Waals surface area contributed by atoms with Gasteiger partial charge in [-0.15, -0.1) is 0 Å². The van der Waals surface area contributed by atoms with Crippen molar-refractivity contribution in [2.45, 2.75) is 13.5 Å². The highest BCUT2D eigenvalue weighted by Crippen LogP contribution is 2.20. The molecule has 0 fully saturated rings. The summed E-state index contributed by atoms with van der Waals surface area (Å²) in [6.07, 6.45) is 7.11. The van der Waals surface area contributed by atoms with E-state index in [1.165, 1.54) is 0 Å². The number of nitrogens with one attached hydrogen (secondary N) is 1. The van der Waals surface area contributed by atoms with Crippen molar-refractivity contribution < 1.29 is 9.53 Å². The van der Waals surface area contributed by atoms with Gasteiger partial charge in [0, 0.05) is 30.3 Å². The fourth-order valence-corrected chi connectivity index (χ4v) is 3.42. The number of fused-ring (bicyclic) bond motifs is 1. The maximum atomic E-state index is 12.8. The molecule has 0 radical (unpaired) electrons. The van der Waals surface area contributed by atoms with E-state index in [1.807, 2.05) is 78.3 Å². The molecule has 0 aliphatic rings. The van der Waals surface area contributed by atoms with Gasteiger partial charge in [-0.25, -0.2) is 14.6 Å². The fraction of sp³-hybridized carbons (Fsp3) is 0.0833. The Morgan fingerprint density at radius 3 is 2.84 bits per heavy atom. The number of nitrogens with zero attached hydrogens (tertiary/aromatic N) is 5. The second kappa shape index (κ2) is 8.35. The summed E-state index contributed by atoms with van der Waals surface area (Å²) in [7, 11) is 0. The number of carbonyl (C=O) groups excluding carboxylic acids is 1. The molecule has 8 nitrogen and oxygen atoms in total. The third kappa shape index (κ3) is 3.93. The minimum Gasteiger partial charge on any atom is -0.487 e. The molecule has 0 unspecified atom stereocenters. The summed E-state index contributed by atoms with van der Waals surface area (Å²) < 4.78 is 9.47.